The molecule has 1 radical (unpaired) electrons. The van der Waals surface area contributed by atoms with E-state index in [0.717, 1.165) is 38.1 Å². The SMILES string of the molecule is COCc1c([B]O)ccnc1N1CCn2c(cc3c2CC(C)(C)C3)C1=O.[HH].[HH]. The molecule has 2 aromatic heterocycles. The summed E-state index contributed by atoms with van der Waals surface area (Å²) >= 11 is 0. The zero-order valence-electron chi connectivity index (χ0n) is 15.5. The minimum absolute atomic E-state index is 0. The first kappa shape index (κ1) is 17.3. The molecular weight excluding hydrogens is 329 g/mol. The molecule has 3 heterocycles. The highest BCUT2D eigenvalue weighted by molar-refractivity contribution is 6.46. The number of amides is 1. The van der Waals surface area contributed by atoms with Crippen LogP contribution < -0.4 is 10.4 Å². The molecule has 0 aromatic carbocycles. The van der Waals surface area contributed by atoms with E-state index in [1.807, 2.05) is 0 Å². The van der Waals surface area contributed by atoms with Gasteiger partial charge in [0.05, 0.1) is 6.61 Å². The number of rotatable bonds is 4. The van der Waals surface area contributed by atoms with Gasteiger partial charge in [-0.3, -0.25) is 9.69 Å². The monoisotopic (exact) mass is 356 g/mol. The number of fused-ring (bicyclic) bond motifs is 3. The van der Waals surface area contributed by atoms with Gasteiger partial charge in [0.1, 0.15) is 11.5 Å². The Balaban J connectivity index is 0.00000140. The number of nitrogens with zero attached hydrogens (tertiary/aromatic N) is 3. The van der Waals surface area contributed by atoms with Crippen molar-refractivity contribution in [2.75, 3.05) is 18.6 Å². The molecule has 0 spiro atoms. The molecule has 0 fully saturated rings. The standard InChI is InChI=1S/C19H23BN3O3.2H2/c1-19(2)9-12-8-15-18(24)23(7-6-22(15)16(12)10-19)17-13(11-26-3)14(20-25)4-5-21-17;;/h4-5,8,25H,6-7,9-11H2,1-3H3;2*1H. The van der Waals surface area contributed by atoms with Crippen molar-refractivity contribution in [3.63, 3.8) is 0 Å². The van der Waals surface area contributed by atoms with Gasteiger partial charge in [0.25, 0.3) is 5.91 Å². The molecule has 0 bridgehead atoms. The van der Waals surface area contributed by atoms with Crippen LogP contribution in [0.5, 0.6) is 0 Å². The summed E-state index contributed by atoms with van der Waals surface area (Å²) < 4.78 is 7.45. The Morgan fingerprint density at radius 1 is 1.38 bits per heavy atom. The molecule has 1 N–H and O–H groups in total. The smallest absolute Gasteiger partial charge is 0.327 e. The number of pyridine rings is 1. The third-order valence-electron chi connectivity index (χ3n) is 5.38. The van der Waals surface area contributed by atoms with E-state index in [9.17, 15) is 9.82 Å². The van der Waals surface area contributed by atoms with Gasteiger partial charge in [-0.2, -0.15) is 0 Å². The maximum Gasteiger partial charge on any atom is 0.327 e. The quantitative estimate of drug-likeness (QED) is 0.844. The maximum atomic E-state index is 13.2. The van der Waals surface area contributed by atoms with Crippen molar-refractivity contribution in [1.29, 1.82) is 0 Å². The van der Waals surface area contributed by atoms with E-state index in [-0.39, 0.29) is 20.8 Å². The van der Waals surface area contributed by atoms with Crippen LogP contribution in [0, 0.1) is 5.41 Å². The Morgan fingerprint density at radius 3 is 2.92 bits per heavy atom. The number of carbonyl (C=O) groups is 1. The molecule has 0 unspecified atom stereocenters. The largest absolute Gasteiger partial charge is 0.450 e. The first-order valence-electron chi connectivity index (χ1n) is 8.92. The summed E-state index contributed by atoms with van der Waals surface area (Å²) in [5.41, 5.74) is 4.95. The van der Waals surface area contributed by atoms with Gasteiger partial charge in [-0.15, -0.1) is 0 Å². The van der Waals surface area contributed by atoms with Crippen molar-refractivity contribution in [2.45, 2.75) is 39.8 Å². The van der Waals surface area contributed by atoms with Crippen LogP contribution in [0.3, 0.4) is 0 Å². The lowest BCUT2D eigenvalue weighted by Crippen LogP contribution is -2.42. The number of carbonyl (C=O) groups excluding carboxylic acids is 1. The summed E-state index contributed by atoms with van der Waals surface area (Å²) in [5.74, 6) is 0.524. The van der Waals surface area contributed by atoms with Crippen LogP contribution >= 0.6 is 0 Å². The predicted molar refractivity (Wildman–Crippen MR) is 104 cm³/mol. The van der Waals surface area contributed by atoms with Crippen molar-refractivity contribution >= 4 is 24.7 Å². The highest BCUT2D eigenvalue weighted by Gasteiger charge is 2.37. The Morgan fingerprint density at radius 2 is 2.19 bits per heavy atom. The van der Waals surface area contributed by atoms with Crippen LogP contribution in [-0.2, 0) is 30.7 Å². The van der Waals surface area contributed by atoms with Crippen molar-refractivity contribution in [3.8, 4) is 0 Å². The average molecular weight is 356 g/mol. The van der Waals surface area contributed by atoms with Crippen LogP contribution in [0.25, 0.3) is 0 Å². The number of hydrogen-bond donors (Lipinski definition) is 1. The van der Waals surface area contributed by atoms with E-state index in [0.29, 0.717) is 17.8 Å². The van der Waals surface area contributed by atoms with Gasteiger partial charge in [-0.05, 0) is 41.4 Å². The molecule has 1 amide bonds. The Labute approximate surface area is 157 Å². The molecule has 0 saturated heterocycles. The van der Waals surface area contributed by atoms with Crippen molar-refractivity contribution in [1.82, 2.24) is 9.55 Å². The summed E-state index contributed by atoms with van der Waals surface area (Å²) in [4.78, 5) is 19.3. The molecular formula is C19H27BN3O3. The molecule has 6 nitrogen and oxygen atoms in total. The van der Waals surface area contributed by atoms with Crippen LogP contribution in [0.2, 0.25) is 0 Å². The lowest BCUT2D eigenvalue weighted by atomic mass is 9.85. The third-order valence-corrected chi connectivity index (χ3v) is 5.38. The molecule has 0 atom stereocenters. The minimum Gasteiger partial charge on any atom is -0.450 e. The van der Waals surface area contributed by atoms with Gasteiger partial charge in [0.2, 0.25) is 0 Å². The summed E-state index contributed by atoms with van der Waals surface area (Å²) in [5, 5.41) is 9.50. The molecule has 26 heavy (non-hydrogen) atoms. The second kappa shape index (κ2) is 6.25. The van der Waals surface area contributed by atoms with Crippen LogP contribution in [0.4, 0.5) is 5.82 Å². The van der Waals surface area contributed by atoms with Gasteiger partial charge in [-0.25, -0.2) is 4.98 Å². The van der Waals surface area contributed by atoms with E-state index in [1.165, 1.54) is 11.3 Å². The first-order valence-corrected chi connectivity index (χ1v) is 8.92. The minimum atomic E-state index is -0.0385. The normalized spacial score (nSPS) is 18.0. The Bertz CT molecular complexity index is 886. The first-order chi connectivity index (χ1) is 12.4. The number of ether oxygens (including phenoxy) is 1. The Hall–Kier alpha value is -2.12. The summed E-state index contributed by atoms with van der Waals surface area (Å²) in [6.07, 6.45) is 3.63. The van der Waals surface area contributed by atoms with E-state index in [4.69, 9.17) is 4.74 Å². The fourth-order valence-electron chi connectivity index (χ4n) is 4.25. The molecule has 1 aliphatic carbocycles. The lowest BCUT2D eigenvalue weighted by molar-refractivity contribution is 0.0962. The van der Waals surface area contributed by atoms with Crippen LogP contribution in [0.1, 0.15) is 44.0 Å². The fourth-order valence-corrected chi connectivity index (χ4v) is 4.25. The zero-order valence-corrected chi connectivity index (χ0v) is 15.5. The fraction of sp³-hybridized carbons (Fsp3) is 0.474. The van der Waals surface area contributed by atoms with Gasteiger partial charge >= 0.3 is 7.48 Å². The predicted octanol–water partition coefficient (Wildman–Crippen LogP) is 1.54. The average Bonchev–Trinajstić information content (AvgIpc) is 3.08. The zero-order chi connectivity index (χ0) is 18.5. The van der Waals surface area contributed by atoms with E-state index >= 15 is 0 Å². The topological polar surface area (TPSA) is 67.6 Å². The van der Waals surface area contributed by atoms with E-state index in [2.05, 4.69) is 29.5 Å². The van der Waals surface area contributed by atoms with Gasteiger partial charge in [0.15, 0.2) is 0 Å². The van der Waals surface area contributed by atoms with Crippen LogP contribution in [-0.4, -0.2) is 41.6 Å². The number of anilines is 1. The second-order valence-electron chi connectivity index (χ2n) is 7.89. The van der Waals surface area contributed by atoms with Gasteiger partial charge in [0, 0.05) is 40.5 Å². The molecule has 0 saturated carbocycles. The highest BCUT2D eigenvalue weighted by atomic mass is 16.5. The molecule has 139 valence electrons. The van der Waals surface area contributed by atoms with Crippen molar-refractivity contribution < 1.29 is 17.4 Å². The molecule has 2 aromatic rings. The number of methoxy groups -OCH3 is 1. The van der Waals surface area contributed by atoms with Crippen LogP contribution in [0.15, 0.2) is 18.3 Å². The summed E-state index contributed by atoms with van der Waals surface area (Å²) in [6, 6.07) is 3.77. The summed E-state index contributed by atoms with van der Waals surface area (Å²) in [6.45, 7) is 6.15. The number of hydrogen-bond acceptors (Lipinski definition) is 4. The maximum absolute atomic E-state index is 13.2. The molecule has 2 aliphatic rings. The van der Waals surface area contributed by atoms with Gasteiger partial charge in [-0.1, -0.05) is 13.8 Å². The lowest BCUT2D eigenvalue weighted by Gasteiger charge is -2.31. The molecule has 4 rings (SSSR count). The second-order valence-corrected chi connectivity index (χ2v) is 7.89. The van der Waals surface area contributed by atoms with Gasteiger partial charge < -0.3 is 14.3 Å². The van der Waals surface area contributed by atoms with Crippen molar-refractivity contribution in [3.05, 3.63) is 40.8 Å². The highest BCUT2D eigenvalue weighted by Crippen LogP contribution is 2.39. The van der Waals surface area contributed by atoms with E-state index in [1.54, 1.807) is 24.3 Å². The number of aromatic nitrogens is 2. The Kier molecular flexibility index (Phi) is 4.16. The third kappa shape index (κ3) is 2.66. The van der Waals surface area contributed by atoms with Crippen molar-refractivity contribution in [2.24, 2.45) is 5.41 Å². The summed E-state index contributed by atoms with van der Waals surface area (Å²) in [7, 11) is 2.63. The molecule has 7 heteroatoms. The molecule has 1 aliphatic heterocycles. The van der Waals surface area contributed by atoms with E-state index < -0.39 is 0 Å².